The molecule has 1 aromatic heterocycles. The minimum absolute atomic E-state index is 0.0108. The number of benzene rings is 1. The summed E-state index contributed by atoms with van der Waals surface area (Å²) in [5, 5.41) is 4.07. The number of nitrogens with two attached hydrogens (primary N) is 1. The molecule has 4 heteroatoms. The second kappa shape index (κ2) is 6.18. The monoisotopic (exact) mass is 273 g/mol. The van der Waals surface area contributed by atoms with Crippen LogP contribution in [0.5, 0.6) is 0 Å². The predicted molar refractivity (Wildman–Crippen MR) is 80.5 cm³/mol. The third-order valence-corrected chi connectivity index (χ3v) is 3.67. The van der Waals surface area contributed by atoms with E-state index in [2.05, 4.69) is 43.0 Å². The molecule has 0 radical (unpaired) electrons. The number of hydrogen-bond donors (Lipinski definition) is 1. The number of aromatic nitrogens is 2. The Kier molecular flexibility index (Phi) is 4.55. The van der Waals surface area contributed by atoms with Crippen molar-refractivity contribution in [1.29, 1.82) is 0 Å². The Hall–Kier alpha value is -1.68. The molecule has 0 aliphatic carbocycles. The largest absolute Gasteiger partial charge is 0.339 e. The van der Waals surface area contributed by atoms with Gasteiger partial charge in [0.15, 0.2) is 0 Å². The first-order chi connectivity index (χ1) is 9.52. The normalized spacial score (nSPS) is 14.5. The van der Waals surface area contributed by atoms with E-state index < -0.39 is 0 Å². The van der Waals surface area contributed by atoms with E-state index in [1.54, 1.807) is 0 Å². The molecule has 0 amide bonds. The molecule has 0 fully saturated rings. The summed E-state index contributed by atoms with van der Waals surface area (Å²) in [4.78, 5) is 4.49. The molecule has 0 saturated heterocycles. The molecule has 1 aromatic carbocycles. The summed E-state index contributed by atoms with van der Waals surface area (Å²) in [7, 11) is 0. The van der Waals surface area contributed by atoms with Gasteiger partial charge in [0.2, 0.25) is 11.7 Å². The molecule has 2 N–H and O–H groups in total. The summed E-state index contributed by atoms with van der Waals surface area (Å²) in [5.41, 5.74) is 8.23. The minimum Gasteiger partial charge on any atom is -0.339 e. The van der Waals surface area contributed by atoms with Crippen molar-refractivity contribution in [3.63, 3.8) is 0 Å². The third kappa shape index (κ3) is 3.07. The first kappa shape index (κ1) is 14.7. The molecule has 0 aliphatic heterocycles. The molecule has 1 heterocycles. The van der Waals surface area contributed by atoms with Gasteiger partial charge in [0.05, 0.1) is 5.92 Å². The summed E-state index contributed by atoms with van der Waals surface area (Å²) in [5.74, 6) is 1.90. The van der Waals surface area contributed by atoms with E-state index in [1.807, 2.05) is 19.1 Å². The Morgan fingerprint density at radius 3 is 2.30 bits per heavy atom. The first-order valence-corrected chi connectivity index (χ1v) is 7.22. The van der Waals surface area contributed by atoms with Crippen molar-refractivity contribution in [1.82, 2.24) is 10.1 Å². The van der Waals surface area contributed by atoms with Gasteiger partial charge in [-0.2, -0.15) is 4.98 Å². The van der Waals surface area contributed by atoms with Crippen LogP contribution >= 0.6 is 0 Å². The fourth-order valence-corrected chi connectivity index (χ4v) is 2.29. The molecular formula is C16H23N3O. The van der Waals surface area contributed by atoms with Crippen molar-refractivity contribution in [2.75, 3.05) is 0 Å². The van der Waals surface area contributed by atoms with Gasteiger partial charge in [-0.1, -0.05) is 50.2 Å². The lowest BCUT2D eigenvalue weighted by Gasteiger charge is -2.13. The highest BCUT2D eigenvalue weighted by molar-refractivity contribution is 5.54. The summed E-state index contributed by atoms with van der Waals surface area (Å²) >= 11 is 0. The van der Waals surface area contributed by atoms with Crippen LogP contribution in [0.3, 0.4) is 0 Å². The van der Waals surface area contributed by atoms with E-state index in [4.69, 9.17) is 10.3 Å². The predicted octanol–water partition coefficient (Wildman–Crippen LogP) is 3.70. The Morgan fingerprint density at radius 2 is 1.80 bits per heavy atom. The topological polar surface area (TPSA) is 64.9 Å². The smallest absolute Gasteiger partial charge is 0.231 e. The highest BCUT2D eigenvalue weighted by Gasteiger charge is 2.21. The van der Waals surface area contributed by atoms with E-state index in [9.17, 15) is 0 Å². The minimum atomic E-state index is 0.0108. The fourth-order valence-electron chi connectivity index (χ4n) is 2.29. The van der Waals surface area contributed by atoms with Crippen LogP contribution in [0.1, 0.15) is 57.4 Å². The zero-order chi connectivity index (χ0) is 14.7. The van der Waals surface area contributed by atoms with Crippen LogP contribution in [0.15, 0.2) is 28.8 Å². The van der Waals surface area contributed by atoms with Gasteiger partial charge in [0, 0.05) is 11.6 Å². The van der Waals surface area contributed by atoms with Crippen LogP contribution in [0.25, 0.3) is 11.4 Å². The molecule has 2 atom stereocenters. The van der Waals surface area contributed by atoms with Gasteiger partial charge in [0.1, 0.15) is 0 Å². The standard InChI is InChI=1S/C16H23N3O/c1-5-14(11(4)17)16-18-15(19-20-16)13-8-6-12(7-9-13)10(2)3/h6-11,14H,5,17H2,1-4H3. The van der Waals surface area contributed by atoms with Crippen LogP contribution in [-0.2, 0) is 0 Å². The van der Waals surface area contributed by atoms with Crippen LogP contribution in [0.4, 0.5) is 0 Å². The third-order valence-electron chi connectivity index (χ3n) is 3.67. The lowest BCUT2D eigenvalue weighted by atomic mass is 9.99. The average molecular weight is 273 g/mol. The van der Waals surface area contributed by atoms with E-state index >= 15 is 0 Å². The number of nitrogens with zero attached hydrogens (tertiary/aromatic N) is 2. The molecule has 4 nitrogen and oxygen atoms in total. The quantitative estimate of drug-likeness (QED) is 0.902. The first-order valence-electron chi connectivity index (χ1n) is 7.22. The van der Waals surface area contributed by atoms with Gasteiger partial charge in [-0.15, -0.1) is 0 Å². The van der Waals surface area contributed by atoms with E-state index in [-0.39, 0.29) is 12.0 Å². The maximum atomic E-state index is 5.95. The summed E-state index contributed by atoms with van der Waals surface area (Å²) < 4.78 is 5.37. The molecular weight excluding hydrogens is 250 g/mol. The SMILES string of the molecule is CCC(c1nc(-c2ccc(C(C)C)cc2)no1)C(C)N. The Morgan fingerprint density at radius 1 is 1.15 bits per heavy atom. The van der Waals surface area contributed by atoms with Crippen molar-refractivity contribution in [2.24, 2.45) is 5.73 Å². The molecule has 2 rings (SSSR count). The summed E-state index contributed by atoms with van der Waals surface area (Å²) in [6.45, 7) is 8.40. The van der Waals surface area contributed by atoms with Crippen molar-refractivity contribution in [3.8, 4) is 11.4 Å². The van der Waals surface area contributed by atoms with Gasteiger partial charge in [-0.05, 0) is 24.8 Å². The van der Waals surface area contributed by atoms with Gasteiger partial charge in [-0.25, -0.2) is 0 Å². The van der Waals surface area contributed by atoms with Crippen molar-refractivity contribution >= 4 is 0 Å². The van der Waals surface area contributed by atoms with Gasteiger partial charge >= 0.3 is 0 Å². The number of rotatable bonds is 5. The second-order valence-electron chi connectivity index (χ2n) is 5.61. The summed E-state index contributed by atoms with van der Waals surface area (Å²) in [6.07, 6.45) is 0.894. The molecule has 0 saturated carbocycles. The number of hydrogen-bond acceptors (Lipinski definition) is 4. The lowest BCUT2D eigenvalue weighted by molar-refractivity contribution is 0.334. The lowest BCUT2D eigenvalue weighted by Crippen LogP contribution is -2.24. The van der Waals surface area contributed by atoms with Gasteiger partial charge in [-0.3, -0.25) is 0 Å². The molecule has 2 aromatic rings. The van der Waals surface area contributed by atoms with E-state index in [1.165, 1.54) is 5.56 Å². The zero-order valence-corrected chi connectivity index (χ0v) is 12.6. The van der Waals surface area contributed by atoms with Crippen LogP contribution < -0.4 is 5.73 Å². The molecule has 0 bridgehead atoms. The van der Waals surface area contributed by atoms with Gasteiger partial charge in [0.25, 0.3) is 0 Å². The van der Waals surface area contributed by atoms with Crippen LogP contribution in [0.2, 0.25) is 0 Å². The van der Waals surface area contributed by atoms with Crippen molar-refractivity contribution in [3.05, 3.63) is 35.7 Å². The fraction of sp³-hybridized carbons (Fsp3) is 0.500. The zero-order valence-electron chi connectivity index (χ0n) is 12.6. The van der Waals surface area contributed by atoms with Crippen LogP contribution in [-0.4, -0.2) is 16.2 Å². The molecule has 108 valence electrons. The molecule has 0 aliphatic rings. The highest BCUT2D eigenvalue weighted by atomic mass is 16.5. The molecule has 0 spiro atoms. The summed E-state index contributed by atoms with van der Waals surface area (Å²) in [6, 6.07) is 8.31. The molecule has 2 unspecified atom stereocenters. The maximum Gasteiger partial charge on any atom is 0.231 e. The maximum absolute atomic E-state index is 5.95. The average Bonchev–Trinajstić information content (AvgIpc) is 2.88. The van der Waals surface area contributed by atoms with Gasteiger partial charge < -0.3 is 10.3 Å². The van der Waals surface area contributed by atoms with E-state index in [0.29, 0.717) is 17.6 Å². The Labute approximate surface area is 120 Å². The Bertz CT molecular complexity index is 543. The second-order valence-corrected chi connectivity index (χ2v) is 5.61. The van der Waals surface area contributed by atoms with Crippen molar-refractivity contribution in [2.45, 2.75) is 52.0 Å². The molecule has 20 heavy (non-hydrogen) atoms. The van der Waals surface area contributed by atoms with Crippen LogP contribution in [0, 0.1) is 0 Å². The van der Waals surface area contributed by atoms with Crippen molar-refractivity contribution < 1.29 is 4.52 Å². The van der Waals surface area contributed by atoms with E-state index in [0.717, 1.165) is 12.0 Å². The highest BCUT2D eigenvalue weighted by Crippen LogP contribution is 2.25. The Balaban J connectivity index is 2.24.